The molecular formula is C18H18ClN3O2S. The first-order chi connectivity index (χ1) is 11.8. The summed E-state index contributed by atoms with van der Waals surface area (Å²) in [5.74, 6) is 0.269. The van der Waals surface area contributed by atoms with Crippen LogP contribution in [0.2, 0.25) is 5.02 Å². The molecule has 7 heteroatoms. The van der Waals surface area contributed by atoms with Gasteiger partial charge in [0.05, 0.1) is 11.4 Å². The summed E-state index contributed by atoms with van der Waals surface area (Å²) in [6.07, 6.45) is 1.71. The summed E-state index contributed by atoms with van der Waals surface area (Å²) < 4.78 is 29.2. The van der Waals surface area contributed by atoms with E-state index < -0.39 is 10.0 Å². The Kier molecular flexibility index (Phi) is 4.83. The molecule has 0 spiro atoms. The van der Waals surface area contributed by atoms with Gasteiger partial charge in [-0.15, -0.1) is 0 Å². The zero-order chi connectivity index (χ0) is 18.0. The molecule has 25 heavy (non-hydrogen) atoms. The van der Waals surface area contributed by atoms with Crippen LogP contribution < -0.4 is 4.72 Å². The Bertz CT molecular complexity index is 1010. The highest BCUT2D eigenvalue weighted by Crippen LogP contribution is 2.19. The summed E-state index contributed by atoms with van der Waals surface area (Å²) in [5.41, 5.74) is 2.88. The molecule has 0 bridgehead atoms. The number of aromatic nitrogens is 2. The summed E-state index contributed by atoms with van der Waals surface area (Å²) in [5, 5.41) is 4.91. The Morgan fingerprint density at radius 1 is 1.08 bits per heavy atom. The van der Waals surface area contributed by atoms with Crippen molar-refractivity contribution >= 4 is 27.4 Å². The largest absolute Gasteiger partial charge is 0.266 e. The van der Waals surface area contributed by atoms with Crippen molar-refractivity contribution in [2.75, 3.05) is 4.72 Å². The lowest BCUT2D eigenvalue weighted by Crippen LogP contribution is -2.14. The van der Waals surface area contributed by atoms with E-state index in [2.05, 4.69) is 9.82 Å². The van der Waals surface area contributed by atoms with Crippen LogP contribution in [0.25, 0.3) is 0 Å². The maximum absolute atomic E-state index is 12.5. The molecule has 0 amide bonds. The number of aryl methyl sites for hydroxylation is 2. The molecule has 130 valence electrons. The molecule has 1 aromatic heterocycles. The van der Waals surface area contributed by atoms with Gasteiger partial charge >= 0.3 is 0 Å². The quantitative estimate of drug-likeness (QED) is 0.733. The van der Waals surface area contributed by atoms with Crippen molar-refractivity contribution in [2.45, 2.75) is 25.3 Å². The average molecular weight is 376 g/mol. The van der Waals surface area contributed by atoms with Crippen molar-refractivity contribution in [1.82, 2.24) is 9.78 Å². The van der Waals surface area contributed by atoms with Crippen LogP contribution in [0.4, 0.5) is 5.82 Å². The SMILES string of the molecule is Cc1ccc(S(=O)(=O)Nc2ccn(Cc3ccccc3Cl)n2)cc1C. The summed E-state index contributed by atoms with van der Waals surface area (Å²) in [6.45, 7) is 4.28. The van der Waals surface area contributed by atoms with Crippen molar-refractivity contribution < 1.29 is 8.42 Å². The number of anilines is 1. The zero-order valence-electron chi connectivity index (χ0n) is 13.9. The Morgan fingerprint density at radius 2 is 1.84 bits per heavy atom. The van der Waals surface area contributed by atoms with Gasteiger partial charge in [-0.2, -0.15) is 5.10 Å². The van der Waals surface area contributed by atoms with Crippen molar-refractivity contribution in [3.05, 3.63) is 76.4 Å². The van der Waals surface area contributed by atoms with Gasteiger partial charge in [-0.05, 0) is 48.7 Å². The van der Waals surface area contributed by atoms with Crippen molar-refractivity contribution in [2.24, 2.45) is 0 Å². The standard InChI is InChI=1S/C18H18ClN3O2S/c1-13-7-8-16(11-14(13)2)25(23,24)21-18-9-10-22(20-18)12-15-5-3-4-6-17(15)19/h3-11H,12H2,1-2H3,(H,20,21). The monoisotopic (exact) mass is 375 g/mol. The maximum atomic E-state index is 12.5. The summed E-state index contributed by atoms with van der Waals surface area (Å²) >= 11 is 6.14. The van der Waals surface area contributed by atoms with Crippen molar-refractivity contribution in [1.29, 1.82) is 0 Å². The first kappa shape index (κ1) is 17.5. The van der Waals surface area contributed by atoms with Crippen LogP contribution in [0.1, 0.15) is 16.7 Å². The molecule has 0 saturated carbocycles. The third-order valence-electron chi connectivity index (χ3n) is 3.96. The highest BCUT2D eigenvalue weighted by Gasteiger charge is 2.16. The average Bonchev–Trinajstić information content (AvgIpc) is 2.98. The third-order valence-corrected chi connectivity index (χ3v) is 5.68. The van der Waals surface area contributed by atoms with Gasteiger partial charge in [-0.25, -0.2) is 8.42 Å². The van der Waals surface area contributed by atoms with Crippen LogP contribution in [0.5, 0.6) is 0 Å². The molecule has 3 aromatic rings. The number of halogens is 1. The molecule has 0 aliphatic carbocycles. The Balaban J connectivity index is 1.78. The molecule has 0 aliphatic rings. The third kappa shape index (κ3) is 4.03. The fourth-order valence-corrected chi connectivity index (χ4v) is 3.66. The summed E-state index contributed by atoms with van der Waals surface area (Å²) in [7, 11) is -3.67. The predicted octanol–water partition coefficient (Wildman–Crippen LogP) is 4.00. The number of hydrogen-bond acceptors (Lipinski definition) is 3. The maximum Gasteiger partial charge on any atom is 0.263 e. The molecule has 2 aromatic carbocycles. The van der Waals surface area contributed by atoms with Gasteiger partial charge in [-0.1, -0.05) is 35.9 Å². The lowest BCUT2D eigenvalue weighted by Gasteiger charge is -2.08. The minimum Gasteiger partial charge on any atom is -0.266 e. The van der Waals surface area contributed by atoms with Crippen LogP contribution in [0.15, 0.2) is 59.6 Å². The molecule has 0 unspecified atom stereocenters. The Morgan fingerprint density at radius 3 is 2.56 bits per heavy atom. The smallest absolute Gasteiger partial charge is 0.263 e. The highest BCUT2D eigenvalue weighted by atomic mass is 35.5. The van der Waals surface area contributed by atoms with Crippen LogP contribution in [-0.4, -0.2) is 18.2 Å². The molecule has 0 atom stereocenters. The van der Waals surface area contributed by atoms with Crippen LogP contribution >= 0.6 is 11.6 Å². The summed E-state index contributed by atoms with van der Waals surface area (Å²) in [6, 6.07) is 14.1. The van der Waals surface area contributed by atoms with Crippen molar-refractivity contribution in [3.8, 4) is 0 Å². The normalized spacial score (nSPS) is 11.5. The number of nitrogens with one attached hydrogen (secondary N) is 1. The first-order valence-electron chi connectivity index (χ1n) is 7.72. The van der Waals surface area contributed by atoms with Crippen LogP contribution in [0, 0.1) is 13.8 Å². The van der Waals surface area contributed by atoms with E-state index in [0.29, 0.717) is 11.6 Å². The van der Waals surface area contributed by atoms with Gasteiger partial charge in [-0.3, -0.25) is 9.40 Å². The molecule has 0 saturated heterocycles. The lowest BCUT2D eigenvalue weighted by molar-refractivity contribution is 0.600. The van der Waals surface area contributed by atoms with E-state index in [9.17, 15) is 8.42 Å². The van der Waals surface area contributed by atoms with Gasteiger partial charge in [0.25, 0.3) is 10.0 Å². The first-order valence-corrected chi connectivity index (χ1v) is 9.58. The number of sulfonamides is 1. The number of nitrogens with zero attached hydrogens (tertiary/aromatic N) is 2. The van der Waals surface area contributed by atoms with Gasteiger partial charge in [0.1, 0.15) is 0 Å². The molecule has 1 heterocycles. The summed E-state index contributed by atoms with van der Waals surface area (Å²) in [4.78, 5) is 0.219. The minimum atomic E-state index is -3.67. The van der Waals surface area contributed by atoms with Crippen molar-refractivity contribution in [3.63, 3.8) is 0 Å². The second-order valence-corrected chi connectivity index (χ2v) is 7.93. The van der Waals surface area contributed by atoms with Crippen LogP contribution in [-0.2, 0) is 16.6 Å². The number of benzene rings is 2. The molecular weight excluding hydrogens is 358 g/mol. The van der Waals surface area contributed by atoms with E-state index in [4.69, 9.17) is 11.6 Å². The van der Waals surface area contributed by atoms with Gasteiger partial charge in [0.15, 0.2) is 5.82 Å². The molecule has 0 fully saturated rings. The zero-order valence-corrected chi connectivity index (χ0v) is 15.5. The number of hydrogen-bond donors (Lipinski definition) is 1. The van der Waals surface area contributed by atoms with E-state index >= 15 is 0 Å². The highest BCUT2D eigenvalue weighted by molar-refractivity contribution is 7.92. The Labute approximate surface area is 152 Å². The molecule has 1 N–H and O–H groups in total. The fraction of sp³-hybridized carbons (Fsp3) is 0.167. The molecule has 3 rings (SSSR count). The fourth-order valence-electron chi connectivity index (χ4n) is 2.38. The van der Waals surface area contributed by atoms with E-state index in [1.807, 2.05) is 38.1 Å². The lowest BCUT2D eigenvalue weighted by atomic mass is 10.1. The van der Waals surface area contributed by atoms with E-state index in [1.165, 1.54) is 0 Å². The van der Waals surface area contributed by atoms with E-state index in [0.717, 1.165) is 16.7 Å². The second kappa shape index (κ2) is 6.90. The number of rotatable bonds is 5. The van der Waals surface area contributed by atoms with E-state index in [-0.39, 0.29) is 10.7 Å². The van der Waals surface area contributed by atoms with E-state index in [1.54, 1.807) is 35.1 Å². The Hall–Kier alpha value is -2.31. The van der Waals surface area contributed by atoms with Crippen LogP contribution in [0.3, 0.4) is 0 Å². The van der Waals surface area contributed by atoms with Gasteiger partial charge in [0, 0.05) is 17.3 Å². The topological polar surface area (TPSA) is 64.0 Å². The van der Waals surface area contributed by atoms with Gasteiger partial charge < -0.3 is 0 Å². The molecule has 5 nitrogen and oxygen atoms in total. The van der Waals surface area contributed by atoms with Gasteiger partial charge in [0.2, 0.25) is 0 Å². The minimum absolute atomic E-state index is 0.219. The second-order valence-electron chi connectivity index (χ2n) is 5.84. The predicted molar refractivity (Wildman–Crippen MR) is 99.5 cm³/mol. The molecule has 0 radical (unpaired) electrons. The molecule has 0 aliphatic heterocycles.